The number of allylic oxidation sites excluding steroid dienone is 1. The van der Waals surface area contributed by atoms with Crippen LogP contribution in [0.4, 0.5) is 5.82 Å². The van der Waals surface area contributed by atoms with Crippen molar-refractivity contribution in [1.29, 1.82) is 0 Å². The minimum Gasteiger partial charge on any atom is -0.368 e. The second-order valence-corrected chi connectivity index (χ2v) is 4.21. The third-order valence-corrected chi connectivity index (χ3v) is 3.19. The maximum Gasteiger partial charge on any atom is 0.265 e. The minimum absolute atomic E-state index is 0.508. The van der Waals surface area contributed by atoms with Crippen molar-refractivity contribution in [1.82, 2.24) is 14.5 Å². The molecule has 2 aromatic heterocycles. The van der Waals surface area contributed by atoms with Gasteiger partial charge in [-0.15, -0.1) is 0 Å². The first-order chi connectivity index (χ1) is 7.33. The summed E-state index contributed by atoms with van der Waals surface area (Å²) < 4.78 is 4.19. The summed E-state index contributed by atoms with van der Waals surface area (Å²) in [5.41, 5.74) is 9.15. The predicted octanol–water partition coefficient (Wildman–Crippen LogP) is 0.175. The molecule has 0 amide bonds. The molecule has 5 nitrogen and oxygen atoms in total. The molecule has 1 aliphatic carbocycles. The Morgan fingerprint density at radius 2 is 2.40 bits per heavy atom. The third kappa shape index (κ3) is 0.848. The van der Waals surface area contributed by atoms with Gasteiger partial charge in [-0.3, -0.25) is 0 Å². The van der Waals surface area contributed by atoms with Crippen LogP contribution in [0, 0.1) is 5.92 Å². The van der Waals surface area contributed by atoms with Crippen molar-refractivity contribution in [3.8, 4) is 0 Å². The monoisotopic (exact) mass is 200 g/mol. The van der Waals surface area contributed by atoms with E-state index in [1.807, 2.05) is 12.7 Å². The fourth-order valence-electron chi connectivity index (χ4n) is 2.28. The summed E-state index contributed by atoms with van der Waals surface area (Å²) in [6, 6.07) is 0. The molecule has 4 rings (SSSR count). The molecule has 1 fully saturated rings. The van der Waals surface area contributed by atoms with Gasteiger partial charge in [-0.1, -0.05) is 4.98 Å². The first kappa shape index (κ1) is 7.39. The van der Waals surface area contributed by atoms with Crippen LogP contribution in [0.2, 0.25) is 0 Å². The van der Waals surface area contributed by atoms with Crippen LogP contribution in [0.15, 0.2) is 18.2 Å². The lowest BCUT2D eigenvalue weighted by molar-refractivity contribution is -0.678. The Kier molecular flexibility index (Phi) is 1.08. The van der Waals surface area contributed by atoms with Gasteiger partial charge in [-0.05, 0) is 12.0 Å². The topological polar surface area (TPSA) is 60.6 Å². The van der Waals surface area contributed by atoms with E-state index in [9.17, 15) is 0 Å². The van der Waals surface area contributed by atoms with E-state index in [1.54, 1.807) is 0 Å². The van der Waals surface area contributed by atoms with Crippen LogP contribution in [-0.4, -0.2) is 14.5 Å². The van der Waals surface area contributed by atoms with E-state index >= 15 is 0 Å². The molecule has 2 aliphatic rings. The fourth-order valence-corrected chi connectivity index (χ4v) is 2.28. The van der Waals surface area contributed by atoms with Gasteiger partial charge < -0.3 is 5.73 Å². The SMILES string of the molecule is Nc1nc[n+]2c3c1ncn3C=C1CC1C2. The molecular formula is C10H10N5+. The lowest BCUT2D eigenvalue weighted by atomic mass is 10.4. The molecule has 2 N–H and O–H groups in total. The van der Waals surface area contributed by atoms with Gasteiger partial charge in [-0.2, -0.15) is 0 Å². The van der Waals surface area contributed by atoms with Gasteiger partial charge in [0, 0.05) is 5.92 Å². The standard InChI is InChI=1S/C10H9N5/c11-9-8-10-14(4-12-8)2-6-1-7(6)3-15(10)5-13-9/h2,4-5,7,11H,1,3H2/p+1. The van der Waals surface area contributed by atoms with E-state index in [-0.39, 0.29) is 0 Å². The van der Waals surface area contributed by atoms with E-state index < -0.39 is 0 Å². The molecule has 0 spiro atoms. The zero-order chi connectivity index (χ0) is 9.99. The van der Waals surface area contributed by atoms with E-state index in [2.05, 4.69) is 25.3 Å². The van der Waals surface area contributed by atoms with E-state index in [0.29, 0.717) is 11.7 Å². The van der Waals surface area contributed by atoms with Crippen molar-refractivity contribution in [2.24, 2.45) is 5.92 Å². The van der Waals surface area contributed by atoms with Crippen molar-refractivity contribution in [3.63, 3.8) is 0 Å². The molecule has 15 heavy (non-hydrogen) atoms. The number of fused-ring (bicyclic) bond motifs is 1. The Morgan fingerprint density at radius 3 is 3.33 bits per heavy atom. The highest BCUT2D eigenvalue weighted by molar-refractivity contribution is 5.80. The predicted molar refractivity (Wildman–Crippen MR) is 54.5 cm³/mol. The molecule has 1 saturated carbocycles. The van der Waals surface area contributed by atoms with Crippen molar-refractivity contribution >= 4 is 23.2 Å². The summed E-state index contributed by atoms with van der Waals surface area (Å²) in [5.74, 6) is 1.21. The third-order valence-electron chi connectivity index (χ3n) is 3.19. The second kappa shape index (κ2) is 2.18. The lowest BCUT2D eigenvalue weighted by Crippen LogP contribution is -2.37. The Bertz CT molecular complexity index is 610. The normalized spacial score (nSPS) is 22.1. The molecule has 2 aromatic rings. The molecule has 0 radical (unpaired) electrons. The van der Waals surface area contributed by atoms with Gasteiger partial charge in [0.05, 0.1) is 12.7 Å². The summed E-state index contributed by atoms with van der Waals surface area (Å²) in [6.45, 7) is 1.00. The smallest absolute Gasteiger partial charge is 0.265 e. The van der Waals surface area contributed by atoms with Crippen LogP contribution in [0.5, 0.6) is 0 Å². The highest BCUT2D eigenvalue weighted by atomic mass is 15.2. The molecule has 0 saturated heterocycles. The van der Waals surface area contributed by atoms with Crippen LogP contribution in [0.3, 0.4) is 0 Å². The summed E-state index contributed by atoms with van der Waals surface area (Å²) in [6.07, 6.45) is 7.00. The van der Waals surface area contributed by atoms with Gasteiger partial charge in [0.1, 0.15) is 0 Å². The first-order valence-corrected chi connectivity index (χ1v) is 5.04. The first-order valence-electron chi connectivity index (χ1n) is 5.04. The molecular weight excluding hydrogens is 190 g/mol. The number of nitrogens with two attached hydrogens (primary N) is 1. The Morgan fingerprint density at radius 1 is 1.47 bits per heavy atom. The number of imidazole rings is 1. The second-order valence-electron chi connectivity index (χ2n) is 4.21. The number of nitrogens with zero attached hydrogens (tertiary/aromatic N) is 4. The average molecular weight is 200 g/mol. The van der Waals surface area contributed by atoms with Crippen LogP contribution in [0.1, 0.15) is 6.42 Å². The molecule has 1 aliphatic heterocycles. The summed E-state index contributed by atoms with van der Waals surface area (Å²) in [5, 5.41) is 0. The zero-order valence-electron chi connectivity index (χ0n) is 8.09. The molecule has 0 bridgehead atoms. The number of hydrogen-bond acceptors (Lipinski definition) is 3. The van der Waals surface area contributed by atoms with Crippen molar-refractivity contribution in [2.75, 3.05) is 5.73 Å². The minimum atomic E-state index is 0.508. The summed E-state index contributed by atoms with van der Waals surface area (Å²) >= 11 is 0. The maximum absolute atomic E-state index is 5.79. The van der Waals surface area contributed by atoms with Gasteiger partial charge >= 0.3 is 0 Å². The molecule has 0 aromatic carbocycles. The quantitative estimate of drug-likeness (QED) is 0.617. The number of aromatic nitrogens is 4. The van der Waals surface area contributed by atoms with Gasteiger partial charge in [0.15, 0.2) is 11.8 Å². The van der Waals surface area contributed by atoms with Crippen molar-refractivity contribution < 1.29 is 4.57 Å². The summed E-state index contributed by atoms with van der Waals surface area (Å²) in [4.78, 5) is 8.46. The Balaban J connectivity index is 2.17. The van der Waals surface area contributed by atoms with Gasteiger partial charge in [0.2, 0.25) is 12.1 Å². The summed E-state index contributed by atoms with van der Waals surface area (Å²) in [7, 11) is 0. The van der Waals surface area contributed by atoms with E-state index in [1.165, 1.54) is 12.0 Å². The highest BCUT2D eigenvalue weighted by Gasteiger charge is 2.36. The van der Waals surface area contributed by atoms with E-state index in [4.69, 9.17) is 5.73 Å². The van der Waals surface area contributed by atoms with Crippen LogP contribution < -0.4 is 10.3 Å². The van der Waals surface area contributed by atoms with Crippen LogP contribution in [-0.2, 0) is 6.54 Å². The van der Waals surface area contributed by atoms with Crippen molar-refractivity contribution in [2.45, 2.75) is 13.0 Å². The van der Waals surface area contributed by atoms with Crippen molar-refractivity contribution in [3.05, 3.63) is 18.2 Å². The molecule has 5 heteroatoms. The van der Waals surface area contributed by atoms with Crippen LogP contribution in [0.25, 0.3) is 17.4 Å². The number of hydrogen-bond donors (Lipinski definition) is 1. The largest absolute Gasteiger partial charge is 0.368 e. The molecule has 74 valence electrons. The molecule has 1 atom stereocenters. The Hall–Kier alpha value is -1.91. The maximum atomic E-state index is 5.79. The molecule has 3 heterocycles. The Labute approximate surface area is 85.9 Å². The fraction of sp³-hybridized carbons (Fsp3) is 0.300. The van der Waals surface area contributed by atoms with Gasteiger partial charge in [0.25, 0.3) is 5.65 Å². The number of rotatable bonds is 0. The van der Waals surface area contributed by atoms with Crippen LogP contribution >= 0.6 is 0 Å². The number of anilines is 1. The molecule has 1 unspecified atom stereocenters. The highest BCUT2D eigenvalue weighted by Crippen LogP contribution is 2.40. The number of nitrogen functional groups attached to an aromatic ring is 1. The average Bonchev–Trinajstić information content (AvgIpc) is 2.82. The van der Waals surface area contributed by atoms with E-state index in [0.717, 1.165) is 17.7 Å². The zero-order valence-corrected chi connectivity index (χ0v) is 8.09. The lowest BCUT2D eigenvalue weighted by Gasteiger charge is -1.99. The van der Waals surface area contributed by atoms with Gasteiger partial charge in [-0.25, -0.2) is 14.1 Å².